The Labute approximate surface area is 144 Å². The van der Waals surface area contributed by atoms with E-state index >= 15 is 0 Å². The van der Waals surface area contributed by atoms with Crippen molar-refractivity contribution in [3.8, 4) is 0 Å². The fourth-order valence-corrected chi connectivity index (χ4v) is 3.28. The molecule has 0 spiro atoms. The number of nitrogens with one attached hydrogen (secondary N) is 3. The SMILES string of the molecule is C[C@]1(O)C(n2cc3[nH]c(=O)c(=O)nc4c3c2NC(=O)N4)O[C@H](CO)[C@H]1O. The van der Waals surface area contributed by atoms with E-state index < -0.39 is 47.8 Å². The van der Waals surface area contributed by atoms with Gasteiger partial charge in [0.15, 0.2) is 12.0 Å². The average molecular weight is 365 g/mol. The van der Waals surface area contributed by atoms with Crippen LogP contribution in [0.4, 0.5) is 16.4 Å². The average Bonchev–Trinajstić information content (AvgIpc) is 2.98. The Morgan fingerprint density at radius 3 is 2.73 bits per heavy atom. The molecule has 1 unspecified atom stereocenters. The van der Waals surface area contributed by atoms with Crippen LogP contribution in [0.1, 0.15) is 13.2 Å². The standard InChI is InChI=1S/C14H15N5O7/c1-14(25)7(21)5(3-20)26-12(14)19-2-4-6-8(16-11(23)10(22)15-4)17-13(24)18-9(6)19/h2,5,7,12,20-21,25H,3H2,1H3,(H,15,22)(H2,16,17,18,23,24)/t5-,7-,12?,14-/m1/s1. The number of carbonyl (C=O) groups is 1. The Morgan fingerprint density at radius 1 is 1.35 bits per heavy atom. The number of aliphatic hydroxyl groups is 3. The summed E-state index contributed by atoms with van der Waals surface area (Å²) in [4.78, 5) is 41.3. The maximum Gasteiger partial charge on any atom is 0.337 e. The van der Waals surface area contributed by atoms with Crippen molar-refractivity contribution in [2.75, 3.05) is 17.2 Å². The highest BCUT2D eigenvalue weighted by Gasteiger charge is 2.53. The van der Waals surface area contributed by atoms with Gasteiger partial charge in [0.2, 0.25) is 0 Å². The number of rotatable bonds is 2. The number of aromatic nitrogens is 3. The van der Waals surface area contributed by atoms with Crippen LogP contribution in [0.15, 0.2) is 15.8 Å². The van der Waals surface area contributed by atoms with Crippen molar-refractivity contribution in [3.05, 3.63) is 26.9 Å². The van der Waals surface area contributed by atoms with Gasteiger partial charge in [-0.05, 0) is 6.92 Å². The third-order valence-electron chi connectivity index (χ3n) is 4.58. The van der Waals surface area contributed by atoms with Crippen LogP contribution < -0.4 is 21.8 Å². The number of H-pyrrole nitrogens is 1. The highest BCUT2D eigenvalue weighted by atomic mass is 16.6. The monoisotopic (exact) mass is 365 g/mol. The van der Waals surface area contributed by atoms with Crippen molar-refractivity contribution in [1.82, 2.24) is 14.5 Å². The fourth-order valence-electron chi connectivity index (χ4n) is 3.28. The summed E-state index contributed by atoms with van der Waals surface area (Å²) in [6.45, 7) is 0.784. The van der Waals surface area contributed by atoms with Crippen LogP contribution in [-0.4, -0.2) is 60.3 Å². The van der Waals surface area contributed by atoms with Crippen LogP contribution in [0.5, 0.6) is 0 Å². The van der Waals surface area contributed by atoms with Gasteiger partial charge in [0.1, 0.15) is 23.6 Å². The molecule has 1 fully saturated rings. The number of urea groups is 1. The summed E-state index contributed by atoms with van der Waals surface area (Å²) in [7, 11) is 0. The Bertz CT molecular complexity index is 1040. The van der Waals surface area contributed by atoms with Crippen LogP contribution in [-0.2, 0) is 4.74 Å². The van der Waals surface area contributed by atoms with Crippen molar-refractivity contribution >= 4 is 28.6 Å². The maximum atomic E-state index is 11.9. The van der Waals surface area contributed by atoms with Gasteiger partial charge < -0.3 is 29.6 Å². The maximum absolute atomic E-state index is 11.9. The van der Waals surface area contributed by atoms with Gasteiger partial charge in [0.25, 0.3) is 0 Å². The highest BCUT2D eigenvalue weighted by Crippen LogP contribution is 2.43. The van der Waals surface area contributed by atoms with Gasteiger partial charge in [0.05, 0.1) is 17.5 Å². The molecular weight excluding hydrogens is 350 g/mol. The topological polar surface area (TPSA) is 179 Å². The van der Waals surface area contributed by atoms with Crippen LogP contribution in [0.3, 0.4) is 0 Å². The molecule has 1 saturated heterocycles. The van der Waals surface area contributed by atoms with Crippen molar-refractivity contribution in [2.24, 2.45) is 0 Å². The van der Waals surface area contributed by atoms with E-state index in [9.17, 15) is 29.7 Å². The Hall–Kier alpha value is -2.80. The molecule has 138 valence electrons. The summed E-state index contributed by atoms with van der Waals surface area (Å²) in [6.07, 6.45) is -2.29. The van der Waals surface area contributed by atoms with Gasteiger partial charge in [-0.25, -0.2) is 4.79 Å². The molecule has 2 aliphatic rings. The molecule has 6 N–H and O–H groups in total. The van der Waals surface area contributed by atoms with E-state index in [4.69, 9.17) is 4.74 Å². The highest BCUT2D eigenvalue weighted by molar-refractivity contribution is 6.15. The predicted octanol–water partition coefficient (Wildman–Crippen LogP) is -1.96. The second kappa shape index (κ2) is 5.35. The van der Waals surface area contributed by atoms with Crippen molar-refractivity contribution in [2.45, 2.75) is 31.0 Å². The quantitative estimate of drug-likeness (QED) is 0.332. The Kier molecular flexibility index (Phi) is 3.43. The smallest absolute Gasteiger partial charge is 0.337 e. The lowest BCUT2D eigenvalue weighted by molar-refractivity contribution is -0.0954. The molecular formula is C14H15N5O7. The molecule has 2 aromatic heterocycles. The molecule has 0 saturated carbocycles. The van der Waals surface area contributed by atoms with Crippen molar-refractivity contribution < 1.29 is 24.9 Å². The second-order valence-electron chi connectivity index (χ2n) is 6.35. The summed E-state index contributed by atoms with van der Waals surface area (Å²) in [6, 6.07) is -0.707. The summed E-state index contributed by atoms with van der Waals surface area (Å²) < 4.78 is 6.84. The minimum Gasteiger partial charge on any atom is -0.394 e. The fraction of sp³-hybridized carbons (Fsp3) is 0.429. The number of hydrogen-bond acceptors (Lipinski definition) is 8. The zero-order valence-corrected chi connectivity index (χ0v) is 13.4. The van der Waals surface area contributed by atoms with Gasteiger partial charge in [-0.3, -0.25) is 20.2 Å². The molecule has 4 rings (SSSR count). The molecule has 12 heteroatoms. The Balaban J connectivity index is 2.00. The number of hydrogen-bond donors (Lipinski definition) is 6. The van der Waals surface area contributed by atoms with Crippen LogP contribution in [0, 0.1) is 0 Å². The first-order chi connectivity index (χ1) is 12.2. The first kappa shape index (κ1) is 16.7. The number of ether oxygens (including phenoxy) is 1. The molecule has 0 bridgehead atoms. The molecule has 0 aliphatic carbocycles. The first-order valence-corrected chi connectivity index (χ1v) is 7.68. The van der Waals surface area contributed by atoms with Gasteiger partial charge in [-0.15, -0.1) is 0 Å². The largest absolute Gasteiger partial charge is 0.394 e. The van der Waals surface area contributed by atoms with Gasteiger partial charge in [-0.2, -0.15) is 4.98 Å². The van der Waals surface area contributed by atoms with E-state index in [1.54, 1.807) is 0 Å². The van der Waals surface area contributed by atoms with Crippen LogP contribution in [0.2, 0.25) is 0 Å². The van der Waals surface area contributed by atoms with Crippen molar-refractivity contribution in [3.63, 3.8) is 0 Å². The zero-order chi connectivity index (χ0) is 18.8. The third-order valence-corrected chi connectivity index (χ3v) is 4.58. The number of amides is 2. The second-order valence-corrected chi connectivity index (χ2v) is 6.35. The zero-order valence-electron chi connectivity index (χ0n) is 13.4. The first-order valence-electron chi connectivity index (χ1n) is 7.68. The molecule has 4 atom stereocenters. The molecule has 0 radical (unpaired) electrons. The summed E-state index contributed by atoms with van der Waals surface area (Å²) >= 11 is 0. The molecule has 2 aromatic rings. The number of anilines is 2. The molecule has 26 heavy (non-hydrogen) atoms. The summed E-state index contributed by atoms with van der Waals surface area (Å²) in [5, 5.41) is 35.2. The van der Waals surface area contributed by atoms with Gasteiger partial charge >= 0.3 is 17.1 Å². The predicted molar refractivity (Wildman–Crippen MR) is 86.9 cm³/mol. The number of aliphatic hydroxyl groups excluding tert-OH is 2. The lowest BCUT2D eigenvalue weighted by Gasteiger charge is -2.29. The normalized spacial score (nSPS) is 30.3. The van der Waals surface area contributed by atoms with Gasteiger partial charge in [0, 0.05) is 6.20 Å². The van der Waals surface area contributed by atoms with Crippen LogP contribution >= 0.6 is 0 Å². The van der Waals surface area contributed by atoms with Gasteiger partial charge in [-0.1, -0.05) is 0 Å². The summed E-state index contributed by atoms with van der Waals surface area (Å²) in [5.74, 6) is -0.0219. The van der Waals surface area contributed by atoms with E-state index in [1.807, 2.05) is 0 Å². The van der Waals surface area contributed by atoms with Crippen LogP contribution in [0.25, 0.3) is 10.9 Å². The minimum atomic E-state index is -1.81. The lowest BCUT2D eigenvalue weighted by Crippen LogP contribution is -2.44. The van der Waals surface area contributed by atoms with E-state index in [2.05, 4.69) is 20.6 Å². The van der Waals surface area contributed by atoms with E-state index in [0.717, 1.165) is 0 Å². The minimum absolute atomic E-state index is 0.105. The third kappa shape index (κ3) is 2.17. The van der Waals surface area contributed by atoms with E-state index in [0.29, 0.717) is 0 Å². The number of carbonyl (C=O) groups excluding carboxylic acids is 1. The van der Waals surface area contributed by atoms with E-state index in [-0.39, 0.29) is 22.5 Å². The molecule has 4 heterocycles. The van der Waals surface area contributed by atoms with E-state index in [1.165, 1.54) is 17.7 Å². The molecule has 2 aliphatic heterocycles. The number of nitrogens with zero attached hydrogens (tertiary/aromatic N) is 2. The molecule has 0 aromatic carbocycles. The number of aromatic amines is 1. The summed E-state index contributed by atoms with van der Waals surface area (Å²) in [5.41, 5.74) is -3.72. The molecule has 2 amide bonds. The Morgan fingerprint density at radius 2 is 2.08 bits per heavy atom. The molecule has 12 nitrogen and oxygen atoms in total. The van der Waals surface area contributed by atoms with Crippen molar-refractivity contribution in [1.29, 1.82) is 0 Å². The lowest BCUT2D eigenvalue weighted by atomic mass is 9.96.